The van der Waals surface area contributed by atoms with Crippen molar-refractivity contribution < 1.29 is 0 Å². The van der Waals surface area contributed by atoms with E-state index in [1.54, 1.807) is 11.1 Å². The Morgan fingerprint density at radius 1 is 1.53 bits per heavy atom. The molecule has 0 bridgehead atoms. The molecule has 2 atom stereocenters. The summed E-state index contributed by atoms with van der Waals surface area (Å²) in [5.41, 5.74) is 6.58. The van der Waals surface area contributed by atoms with Gasteiger partial charge >= 0.3 is 0 Å². The highest BCUT2D eigenvalue weighted by atomic mass is 14.8. The number of hydrogen-bond acceptors (Lipinski definition) is 1. The van der Waals surface area contributed by atoms with E-state index in [2.05, 4.69) is 45.7 Å². The highest BCUT2D eigenvalue weighted by molar-refractivity contribution is 5.39. The van der Waals surface area contributed by atoms with Gasteiger partial charge in [0.15, 0.2) is 0 Å². The van der Waals surface area contributed by atoms with Crippen molar-refractivity contribution in [2.45, 2.75) is 53.4 Å². The molecule has 0 spiro atoms. The molecule has 2 aliphatic rings. The minimum Gasteiger partial charge on any atom is -0.313 e. The third-order valence-corrected chi connectivity index (χ3v) is 5.04. The second-order valence-corrected chi connectivity index (χ2v) is 6.77. The largest absolute Gasteiger partial charge is 0.313 e. The van der Waals surface area contributed by atoms with Crippen molar-refractivity contribution in [2.75, 3.05) is 13.1 Å². The highest BCUT2D eigenvalue weighted by Crippen LogP contribution is 2.51. The summed E-state index contributed by atoms with van der Waals surface area (Å²) in [5, 5.41) is 3.47. The monoisotopic (exact) mass is 259 g/mol. The fourth-order valence-corrected chi connectivity index (χ4v) is 3.84. The molecule has 1 fully saturated rings. The van der Waals surface area contributed by atoms with Gasteiger partial charge in [0.05, 0.1) is 0 Å². The van der Waals surface area contributed by atoms with Gasteiger partial charge in [0.1, 0.15) is 0 Å². The van der Waals surface area contributed by atoms with Crippen LogP contribution in [0.3, 0.4) is 0 Å². The van der Waals surface area contributed by atoms with E-state index >= 15 is 0 Å². The molecule has 0 amide bonds. The van der Waals surface area contributed by atoms with Gasteiger partial charge in [-0.3, -0.25) is 0 Å². The molecule has 2 rings (SSSR count). The van der Waals surface area contributed by atoms with Gasteiger partial charge in [0.25, 0.3) is 0 Å². The predicted octanol–water partition coefficient (Wildman–Crippen LogP) is 4.63. The lowest BCUT2D eigenvalue weighted by molar-refractivity contribution is 0.258. The molecular weight excluding hydrogens is 230 g/mol. The Bertz CT molecular complexity index is 427. The first-order valence-corrected chi connectivity index (χ1v) is 7.72. The number of fused-ring (bicyclic) bond motifs is 1. The second kappa shape index (κ2) is 5.66. The Labute approximate surface area is 118 Å². The summed E-state index contributed by atoms with van der Waals surface area (Å²) in [7, 11) is 0. The summed E-state index contributed by atoms with van der Waals surface area (Å²) in [6, 6.07) is 0. The van der Waals surface area contributed by atoms with Crippen LogP contribution in [-0.4, -0.2) is 13.1 Å². The summed E-state index contributed by atoms with van der Waals surface area (Å²) in [5.74, 6) is 0.710. The maximum Gasteiger partial charge on any atom is 0.0168 e. The molecule has 0 unspecified atom stereocenters. The fourth-order valence-electron chi connectivity index (χ4n) is 3.84. The van der Waals surface area contributed by atoms with Gasteiger partial charge in [-0.1, -0.05) is 48.8 Å². The molecule has 2 aliphatic carbocycles. The minimum atomic E-state index is 0.412. The van der Waals surface area contributed by atoms with Gasteiger partial charge in [-0.15, -0.1) is 0 Å². The van der Waals surface area contributed by atoms with Gasteiger partial charge in [0.2, 0.25) is 0 Å². The Kier molecular flexibility index (Phi) is 4.35. The first kappa shape index (κ1) is 14.6. The molecule has 0 heterocycles. The van der Waals surface area contributed by atoms with Gasteiger partial charge in [-0.25, -0.2) is 0 Å². The smallest absolute Gasteiger partial charge is 0.0168 e. The van der Waals surface area contributed by atoms with Crippen LogP contribution >= 0.6 is 0 Å². The Morgan fingerprint density at radius 2 is 2.26 bits per heavy atom. The van der Waals surface area contributed by atoms with E-state index in [-0.39, 0.29) is 0 Å². The number of likely N-dealkylation sites (N-methyl/N-ethyl adjacent to an activating group) is 1. The maximum atomic E-state index is 4.17. The molecule has 19 heavy (non-hydrogen) atoms. The zero-order chi connectivity index (χ0) is 14.0. The topological polar surface area (TPSA) is 12.0 Å². The number of allylic oxidation sites excluding steroid dienone is 4. The SMILES string of the molecule is C=C(C)[C@@H]1CC[C@@]2(C)CC(CNCC)=CC(C)=C2C1. The lowest BCUT2D eigenvalue weighted by atomic mass is 9.61. The average molecular weight is 259 g/mol. The van der Waals surface area contributed by atoms with Gasteiger partial charge in [-0.05, 0) is 57.4 Å². The van der Waals surface area contributed by atoms with Crippen LogP contribution < -0.4 is 5.32 Å². The predicted molar refractivity (Wildman–Crippen MR) is 84.2 cm³/mol. The summed E-state index contributed by atoms with van der Waals surface area (Å²) in [6.45, 7) is 15.4. The second-order valence-electron chi connectivity index (χ2n) is 6.77. The van der Waals surface area contributed by atoms with E-state index < -0.39 is 0 Å². The van der Waals surface area contributed by atoms with Crippen LogP contribution in [0.1, 0.15) is 53.4 Å². The molecule has 106 valence electrons. The zero-order valence-corrected chi connectivity index (χ0v) is 13.1. The van der Waals surface area contributed by atoms with Crippen molar-refractivity contribution in [3.05, 3.63) is 34.9 Å². The first-order valence-electron chi connectivity index (χ1n) is 7.72. The van der Waals surface area contributed by atoms with Gasteiger partial charge in [-0.2, -0.15) is 0 Å². The standard InChI is InChI=1S/C18H29N/c1-6-19-12-15-9-14(4)17-10-16(13(2)3)7-8-18(17,5)11-15/h9,16,19H,2,6-8,10-12H2,1,3-5H3/t16-,18+/m1/s1. The quantitative estimate of drug-likeness (QED) is 0.726. The normalized spacial score (nSPS) is 30.9. The molecule has 1 nitrogen and oxygen atoms in total. The van der Waals surface area contributed by atoms with E-state index in [9.17, 15) is 0 Å². The molecule has 0 aromatic carbocycles. The van der Waals surface area contributed by atoms with Crippen LogP contribution in [-0.2, 0) is 0 Å². The maximum absolute atomic E-state index is 4.17. The third-order valence-electron chi connectivity index (χ3n) is 5.04. The van der Waals surface area contributed by atoms with E-state index in [0.29, 0.717) is 11.3 Å². The highest BCUT2D eigenvalue weighted by Gasteiger charge is 2.38. The van der Waals surface area contributed by atoms with Crippen LogP contribution in [0.2, 0.25) is 0 Å². The molecule has 1 N–H and O–H groups in total. The zero-order valence-electron chi connectivity index (χ0n) is 13.1. The Balaban J connectivity index is 2.22. The van der Waals surface area contributed by atoms with Crippen LogP contribution in [0, 0.1) is 11.3 Å². The van der Waals surface area contributed by atoms with E-state index in [1.165, 1.54) is 36.8 Å². The summed E-state index contributed by atoms with van der Waals surface area (Å²) in [6.07, 6.45) is 7.55. The molecule has 0 aromatic heterocycles. The molecule has 0 aliphatic heterocycles. The third kappa shape index (κ3) is 3.02. The summed E-state index contributed by atoms with van der Waals surface area (Å²) >= 11 is 0. The van der Waals surface area contributed by atoms with Crippen LogP contribution in [0.25, 0.3) is 0 Å². The van der Waals surface area contributed by atoms with E-state index in [0.717, 1.165) is 13.1 Å². The summed E-state index contributed by atoms with van der Waals surface area (Å²) in [4.78, 5) is 0. The number of hydrogen-bond donors (Lipinski definition) is 1. The molecule has 1 saturated carbocycles. The van der Waals surface area contributed by atoms with Crippen LogP contribution in [0.5, 0.6) is 0 Å². The van der Waals surface area contributed by atoms with Crippen molar-refractivity contribution >= 4 is 0 Å². The summed E-state index contributed by atoms with van der Waals surface area (Å²) < 4.78 is 0. The van der Waals surface area contributed by atoms with Crippen molar-refractivity contribution in [1.82, 2.24) is 5.32 Å². The van der Waals surface area contributed by atoms with E-state index in [4.69, 9.17) is 0 Å². The van der Waals surface area contributed by atoms with E-state index in [1.807, 2.05) is 0 Å². The van der Waals surface area contributed by atoms with Gasteiger partial charge < -0.3 is 5.32 Å². The van der Waals surface area contributed by atoms with Gasteiger partial charge in [0, 0.05) is 6.54 Å². The van der Waals surface area contributed by atoms with Crippen molar-refractivity contribution in [3.63, 3.8) is 0 Å². The lowest BCUT2D eigenvalue weighted by Crippen LogP contribution is -2.32. The Morgan fingerprint density at radius 3 is 2.89 bits per heavy atom. The number of nitrogens with one attached hydrogen (secondary N) is 1. The minimum absolute atomic E-state index is 0.412. The first-order chi connectivity index (χ1) is 8.96. The molecule has 0 radical (unpaired) electrons. The Hall–Kier alpha value is -0.820. The van der Waals surface area contributed by atoms with Crippen molar-refractivity contribution in [2.24, 2.45) is 11.3 Å². The lowest BCUT2D eigenvalue weighted by Gasteiger charge is -2.44. The molecule has 1 heteroatoms. The van der Waals surface area contributed by atoms with Crippen LogP contribution in [0.15, 0.2) is 34.9 Å². The molecular formula is C18H29N. The molecule has 0 aromatic rings. The van der Waals surface area contributed by atoms with Crippen molar-refractivity contribution in [3.8, 4) is 0 Å². The fraction of sp³-hybridized carbons (Fsp3) is 0.667. The van der Waals surface area contributed by atoms with Crippen LogP contribution in [0.4, 0.5) is 0 Å². The molecule has 0 saturated heterocycles. The number of rotatable bonds is 4. The average Bonchev–Trinajstić information content (AvgIpc) is 2.35. The van der Waals surface area contributed by atoms with Crippen molar-refractivity contribution in [1.29, 1.82) is 0 Å².